The molecule has 10 nitrogen and oxygen atoms in total. The molecule has 0 spiro atoms. The zero-order valence-electron chi connectivity index (χ0n) is 23.1. The first-order valence-corrected chi connectivity index (χ1v) is 13.3. The Kier molecular flexibility index (Phi) is 8.39. The number of alkyl halides is 3. The van der Waals surface area contributed by atoms with Crippen LogP contribution in [0.3, 0.4) is 0 Å². The number of nitrogens with two attached hydrogens (primary N) is 1. The molecular formula is C29H30F3N7O3. The highest BCUT2D eigenvalue weighted by molar-refractivity contribution is 6.16. The number of aromatic nitrogens is 3. The summed E-state index contributed by atoms with van der Waals surface area (Å²) in [6.07, 6.45) is 0.765. The van der Waals surface area contributed by atoms with E-state index in [1.807, 2.05) is 0 Å². The number of nitrogen functional groups attached to an aromatic ring is 1. The number of aliphatic imine (C=N–C) groups is 1. The molecule has 4 heterocycles. The summed E-state index contributed by atoms with van der Waals surface area (Å²) in [5, 5.41) is 3.33. The van der Waals surface area contributed by atoms with Gasteiger partial charge in [-0.3, -0.25) is 4.79 Å². The van der Waals surface area contributed by atoms with Crippen molar-refractivity contribution in [2.24, 2.45) is 4.99 Å². The summed E-state index contributed by atoms with van der Waals surface area (Å²) in [6.45, 7) is 1.19. The third-order valence-electron chi connectivity index (χ3n) is 7.15. The van der Waals surface area contributed by atoms with Gasteiger partial charge in [0, 0.05) is 50.6 Å². The predicted octanol–water partition coefficient (Wildman–Crippen LogP) is 4.29. The molecule has 0 saturated carbocycles. The SMILES string of the molecule is COCC(=O)N1CCC[C@@H](Nc2nccc(C3=C(c4cnc(N)c(OC)c4)CC(c4ccc(C(F)(F)F)cc4)=N3)n2)C1. The normalized spacial score (nSPS) is 17.3. The van der Waals surface area contributed by atoms with E-state index in [1.54, 1.807) is 29.4 Å². The number of rotatable bonds is 8. The number of halogens is 3. The molecule has 1 fully saturated rings. The monoisotopic (exact) mass is 581 g/mol. The first-order valence-electron chi connectivity index (χ1n) is 13.3. The van der Waals surface area contributed by atoms with Gasteiger partial charge in [0.05, 0.1) is 29.8 Å². The van der Waals surface area contributed by atoms with E-state index >= 15 is 0 Å². The minimum absolute atomic E-state index is 0.0275. The molecule has 2 aliphatic heterocycles. The summed E-state index contributed by atoms with van der Waals surface area (Å²) in [6, 6.07) is 8.33. The zero-order valence-corrected chi connectivity index (χ0v) is 23.1. The number of carbonyl (C=O) groups excluding carboxylic acids is 1. The number of amides is 1. The van der Waals surface area contributed by atoms with E-state index in [4.69, 9.17) is 25.2 Å². The Morgan fingerprint density at radius 3 is 2.64 bits per heavy atom. The van der Waals surface area contributed by atoms with E-state index in [9.17, 15) is 18.0 Å². The summed E-state index contributed by atoms with van der Waals surface area (Å²) in [5.74, 6) is 0.912. The lowest BCUT2D eigenvalue weighted by molar-refractivity contribution is -0.137. The zero-order chi connectivity index (χ0) is 29.9. The van der Waals surface area contributed by atoms with Gasteiger partial charge in [-0.2, -0.15) is 13.2 Å². The number of hydrogen-bond acceptors (Lipinski definition) is 9. The molecule has 42 heavy (non-hydrogen) atoms. The van der Waals surface area contributed by atoms with Crippen LogP contribution in [-0.2, 0) is 15.7 Å². The molecule has 0 aliphatic carbocycles. The lowest BCUT2D eigenvalue weighted by Gasteiger charge is -2.33. The van der Waals surface area contributed by atoms with Crippen molar-refractivity contribution in [3.8, 4) is 5.75 Å². The van der Waals surface area contributed by atoms with Crippen LogP contribution in [0, 0.1) is 0 Å². The first-order chi connectivity index (χ1) is 20.2. The molecule has 220 valence electrons. The average Bonchev–Trinajstić information content (AvgIpc) is 3.43. The average molecular weight is 582 g/mol. The maximum atomic E-state index is 13.2. The highest BCUT2D eigenvalue weighted by Gasteiger charge is 2.31. The largest absolute Gasteiger partial charge is 0.493 e. The summed E-state index contributed by atoms with van der Waals surface area (Å²) in [5.41, 5.74) is 8.83. The van der Waals surface area contributed by atoms with Gasteiger partial charge in [0.15, 0.2) is 11.6 Å². The van der Waals surface area contributed by atoms with Gasteiger partial charge in [0.1, 0.15) is 6.61 Å². The number of carbonyl (C=O) groups is 1. The van der Waals surface area contributed by atoms with Gasteiger partial charge in [-0.1, -0.05) is 12.1 Å². The highest BCUT2D eigenvalue weighted by atomic mass is 19.4. The van der Waals surface area contributed by atoms with Crippen molar-refractivity contribution in [3.05, 3.63) is 71.2 Å². The first kappa shape index (κ1) is 29.0. The quantitative estimate of drug-likeness (QED) is 0.403. The number of nitrogens with one attached hydrogen (secondary N) is 1. The Labute approximate surface area is 240 Å². The van der Waals surface area contributed by atoms with Gasteiger partial charge in [-0.25, -0.2) is 19.9 Å². The summed E-state index contributed by atoms with van der Waals surface area (Å²) < 4.78 is 49.8. The van der Waals surface area contributed by atoms with E-state index in [0.717, 1.165) is 30.5 Å². The number of hydrogen-bond donors (Lipinski definition) is 2. The Hall–Kier alpha value is -4.52. The van der Waals surface area contributed by atoms with Crippen molar-refractivity contribution in [2.75, 3.05) is 45.0 Å². The van der Waals surface area contributed by atoms with Crippen LogP contribution in [0.5, 0.6) is 5.75 Å². The molecule has 2 aliphatic rings. The number of methoxy groups -OCH3 is 2. The van der Waals surface area contributed by atoms with Gasteiger partial charge in [-0.05, 0) is 48.2 Å². The molecule has 1 aromatic carbocycles. The van der Waals surface area contributed by atoms with Crippen LogP contribution in [0.25, 0.3) is 11.3 Å². The minimum atomic E-state index is -4.44. The topological polar surface area (TPSA) is 128 Å². The van der Waals surface area contributed by atoms with Crippen LogP contribution < -0.4 is 15.8 Å². The van der Waals surface area contributed by atoms with Crippen LogP contribution in [0.4, 0.5) is 24.9 Å². The molecule has 1 saturated heterocycles. The maximum absolute atomic E-state index is 13.2. The van der Waals surface area contributed by atoms with Gasteiger partial charge in [0.2, 0.25) is 11.9 Å². The molecule has 0 radical (unpaired) electrons. The van der Waals surface area contributed by atoms with Crippen LogP contribution in [-0.4, -0.2) is 71.4 Å². The molecule has 1 atom stereocenters. The number of nitrogens with zero attached hydrogens (tertiary/aromatic N) is 5. The molecular weight excluding hydrogens is 551 g/mol. The maximum Gasteiger partial charge on any atom is 0.416 e. The second kappa shape index (κ2) is 12.1. The number of anilines is 2. The summed E-state index contributed by atoms with van der Waals surface area (Å²) in [7, 11) is 2.98. The Morgan fingerprint density at radius 1 is 1.14 bits per heavy atom. The van der Waals surface area contributed by atoms with E-state index in [-0.39, 0.29) is 24.4 Å². The van der Waals surface area contributed by atoms with Crippen LogP contribution in [0.1, 0.15) is 41.6 Å². The molecule has 5 rings (SSSR count). The van der Waals surface area contributed by atoms with Gasteiger partial charge in [0.25, 0.3) is 0 Å². The third-order valence-corrected chi connectivity index (χ3v) is 7.15. The number of likely N-dealkylation sites (tertiary alicyclic amines) is 1. The fourth-order valence-electron chi connectivity index (χ4n) is 5.02. The van der Waals surface area contributed by atoms with Gasteiger partial charge >= 0.3 is 6.18 Å². The number of benzene rings is 1. The van der Waals surface area contributed by atoms with E-state index < -0.39 is 11.7 Å². The van der Waals surface area contributed by atoms with E-state index in [1.165, 1.54) is 26.4 Å². The summed E-state index contributed by atoms with van der Waals surface area (Å²) in [4.78, 5) is 32.3. The van der Waals surface area contributed by atoms with Crippen molar-refractivity contribution in [1.82, 2.24) is 19.9 Å². The van der Waals surface area contributed by atoms with Crippen molar-refractivity contribution in [1.29, 1.82) is 0 Å². The van der Waals surface area contributed by atoms with Gasteiger partial charge < -0.3 is 25.4 Å². The standard InChI is InChI=1S/C29H30F3N7O3/c1-41-16-25(40)39-11-3-4-20(15-39)36-28-34-10-9-22(38-28)26-21(18-12-24(42-2)27(33)35-14-18)13-23(37-26)17-5-7-19(8-6-17)29(30,31)32/h5-10,12,14,20H,3-4,11,13,15-16H2,1-2H3,(H2,33,35)(H,34,36,38)/t20-/m1/s1. The predicted molar refractivity (Wildman–Crippen MR) is 152 cm³/mol. The van der Waals surface area contributed by atoms with Crippen molar-refractivity contribution < 1.29 is 27.4 Å². The number of piperidine rings is 1. The van der Waals surface area contributed by atoms with Crippen molar-refractivity contribution in [3.63, 3.8) is 0 Å². The Morgan fingerprint density at radius 2 is 1.93 bits per heavy atom. The molecule has 13 heteroatoms. The molecule has 3 N–H and O–H groups in total. The molecule has 0 unspecified atom stereocenters. The number of ether oxygens (including phenoxy) is 2. The Bertz CT molecular complexity index is 1520. The van der Waals surface area contributed by atoms with E-state index in [2.05, 4.69) is 15.3 Å². The van der Waals surface area contributed by atoms with Gasteiger partial charge in [-0.15, -0.1) is 0 Å². The highest BCUT2D eigenvalue weighted by Crippen LogP contribution is 2.39. The van der Waals surface area contributed by atoms with E-state index in [0.29, 0.717) is 59.4 Å². The molecule has 1 amide bonds. The second-order valence-corrected chi connectivity index (χ2v) is 9.97. The molecule has 2 aromatic heterocycles. The smallest absolute Gasteiger partial charge is 0.416 e. The number of pyridine rings is 1. The van der Waals surface area contributed by atoms with Crippen LogP contribution >= 0.6 is 0 Å². The lowest BCUT2D eigenvalue weighted by atomic mass is 9.97. The second-order valence-electron chi connectivity index (χ2n) is 9.97. The van der Waals surface area contributed by atoms with Crippen molar-refractivity contribution >= 4 is 34.7 Å². The molecule has 0 bridgehead atoms. The lowest BCUT2D eigenvalue weighted by Crippen LogP contribution is -2.46. The fraction of sp³-hybridized carbons (Fsp3) is 0.345. The fourth-order valence-corrected chi connectivity index (χ4v) is 5.02. The van der Waals surface area contributed by atoms with Crippen LogP contribution in [0.15, 0.2) is 53.8 Å². The van der Waals surface area contributed by atoms with Crippen molar-refractivity contribution in [2.45, 2.75) is 31.5 Å². The molecule has 3 aromatic rings. The van der Waals surface area contributed by atoms with Crippen LogP contribution in [0.2, 0.25) is 0 Å². The minimum Gasteiger partial charge on any atom is -0.493 e. The Balaban J connectivity index is 1.47. The number of allylic oxidation sites excluding steroid dienone is 1. The third kappa shape index (κ3) is 6.35. The summed E-state index contributed by atoms with van der Waals surface area (Å²) >= 11 is 0.